The van der Waals surface area contributed by atoms with Crippen LogP contribution in [0.3, 0.4) is 0 Å². The van der Waals surface area contributed by atoms with Gasteiger partial charge >= 0.3 is 0 Å². The number of unbranched alkanes of at least 4 members (excludes halogenated alkanes) is 1. The maximum Gasteiger partial charge on any atom is 0.169 e. The van der Waals surface area contributed by atoms with Crippen molar-refractivity contribution in [3.63, 3.8) is 0 Å². The van der Waals surface area contributed by atoms with E-state index in [1.165, 1.54) is 5.56 Å². The monoisotopic (exact) mass is 324 g/mol. The number of hydrogen-bond donors (Lipinski definition) is 0. The first-order valence-corrected chi connectivity index (χ1v) is 9.11. The van der Waals surface area contributed by atoms with Crippen molar-refractivity contribution in [3.05, 3.63) is 77.2 Å². The van der Waals surface area contributed by atoms with Gasteiger partial charge < -0.3 is 0 Å². The van der Waals surface area contributed by atoms with E-state index in [-0.39, 0.29) is 5.78 Å². The number of Topliss-reactive ketones (excluding diaryl/α,β-unsaturated/α-hetero) is 1. The third-order valence-corrected chi connectivity index (χ3v) is 4.73. The molecule has 0 N–H and O–H groups in total. The van der Waals surface area contributed by atoms with Crippen LogP contribution in [0.25, 0.3) is 0 Å². The summed E-state index contributed by atoms with van der Waals surface area (Å²) in [5.41, 5.74) is 1.31. The number of carbonyl (C=O) groups excluding carboxylic acids is 1. The highest BCUT2D eigenvalue weighted by atomic mass is 32.2. The fourth-order valence-corrected chi connectivity index (χ4v) is 3.27. The van der Waals surface area contributed by atoms with Crippen LogP contribution in [-0.4, -0.2) is 5.78 Å². The number of thioether (sulfide) groups is 1. The van der Waals surface area contributed by atoms with Crippen molar-refractivity contribution in [1.82, 2.24) is 0 Å². The number of allylic oxidation sites excluding steroid dienone is 2. The van der Waals surface area contributed by atoms with Crippen LogP contribution in [0.2, 0.25) is 0 Å². The van der Waals surface area contributed by atoms with Crippen LogP contribution in [0.15, 0.2) is 76.5 Å². The van der Waals surface area contributed by atoms with Gasteiger partial charge in [-0.25, -0.2) is 0 Å². The topological polar surface area (TPSA) is 17.1 Å². The Labute approximate surface area is 143 Å². The van der Waals surface area contributed by atoms with E-state index in [2.05, 4.69) is 49.4 Å². The molecule has 0 aliphatic rings. The van der Waals surface area contributed by atoms with E-state index >= 15 is 0 Å². The Morgan fingerprint density at radius 1 is 1.00 bits per heavy atom. The molecule has 2 aromatic carbocycles. The van der Waals surface area contributed by atoms with Gasteiger partial charge in [0.15, 0.2) is 5.78 Å². The quantitative estimate of drug-likeness (QED) is 0.412. The van der Waals surface area contributed by atoms with Crippen molar-refractivity contribution < 1.29 is 4.79 Å². The summed E-state index contributed by atoms with van der Waals surface area (Å²) in [6.07, 6.45) is 6.65. The standard InChI is InChI=1S/C21H24OS/c1-2-3-16-20(22)21(23-19-14-8-5-9-15-19)17-10-13-18-11-6-4-7-12-18/h4-9,11-12,14-15,17H,2-3,10,13,16H2,1H3/b21-17-. The van der Waals surface area contributed by atoms with Gasteiger partial charge in [-0.05, 0) is 37.0 Å². The number of rotatable bonds is 9. The van der Waals surface area contributed by atoms with Crippen molar-refractivity contribution in [3.8, 4) is 0 Å². The summed E-state index contributed by atoms with van der Waals surface area (Å²) >= 11 is 1.59. The molecule has 23 heavy (non-hydrogen) atoms. The summed E-state index contributed by atoms with van der Waals surface area (Å²) in [4.78, 5) is 14.5. The lowest BCUT2D eigenvalue weighted by Gasteiger charge is -2.07. The fraction of sp³-hybridized carbons (Fsp3) is 0.286. The summed E-state index contributed by atoms with van der Waals surface area (Å²) in [5.74, 6) is 0.272. The molecule has 0 aliphatic carbocycles. The predicted octanol–water partition coefficient (Wildman–Crippen LogP) is 6.05. The van der Waals surface area contributed by atoms with Crippen molar-refractivity contribution >= 4 is 17.5 Å². The third kappa shape index (κ3) is 6.45. The van der Waals surface area contributed by atoms with E-state index in [1.807, 2.05) is 24.3 Å². The first kappa shape index (κ1) is 17.6. The summed E-state index contributed by atoms with van der Waals surface area (Å²) in [6.45, 7) is 2.12. The molecule has 0 bridgehead atoms. The Bertz CT molecular complexity index is 617. The van der Waals surface area contributed by atoms with Gasteiger partial charge in [0.1, 0.15) is 0 Å². The highest BCUT2D eigenvalue weighted by Gasteiger charge is 2.10. The molecule has 2 heteroatoms. The SMILES string of the molecule is CCCCC(=O)/C(=C/CCc1ccccc1)Sc1ccccc1. The summed E-state index contributed by atoms with van der Waals surface area (Å²) in [7, 11) is 0. The van der Waals surface area contributed by atoms with Crippen LogP contribution < -0.4 is 0 Å². The molecular formula is C21H24OS. The van der Waals surface area contributed by atoms with Crippen LogP contribution >= 0.6 is 11.8 Å². The fourth-order valence-electron chi connectivity index (χ4n) is 2.30. The molecule has 0 spiro atoms. The van der Waals surface area contributed by atoms with Crippen molar-refractivity contribution in [2.75, 3.05) is 0 Å². The Hall–Kier alpha value is -1.80. The van der Waals surface area contributed by atoms with Gasteiger partial charge in [-0.15, -0.1) is 0 Å². The van der Waals surface area contributed by atoms with E-state index in [4.69, 9.17) is 0 Å². The molecule has 0 atom stereocenters. The second kappa shape index (κ2) is 10.1. The number of ketones is 1. The number of carbonyl (C=O) groups is 1. The lowest BCUT2D eigenvalue weighted by Crippen LogP contribution is -2.00. The van der Waals surface area contributed by atoms with Gasteiger partial charge in [0.25, 0.3) is 0 Å². The van der Waals surface area contributed by atoms with Gasteiger partial charge in [-0.1, -0.05) is 79.7 Å². The Morgan fingerprint density at radius 2 is 1.65 bits per heavy atom. The number of aryl methyl sites for hydroxylation is 1. The first-order chi connectivity index (χ1) is 11.3. The van der Waals surface area contributed by atoms with E-state index in [0.717, 1.165) is 35.5 Å². The summed E-state index contributed by atoms with van der Waals surface area (Å²) in [5, 5.41) is 0. The molecule has 0 aliphatic heterocycles. The van der Waals surface area contributed by atoms with Gasteiger partial charge in [0.05, 0.1) is 4.91 Å². The maximum absolute atomic E-state index is 12.5. The predicted molar refractivity (Wildman–Crippen MR) is 99.7 cm³/mol. The highest BCUT2D eigenvalue weighted by molar-refractivity contribution is 8.04. The molecule has 0 aromatic heterocycles. The molecule has 1 nitrogen and oxygen atoms in total. The highest BCUT2D eigenvalue weighted by Crippen LogP contribution is 2.28. The zero-order valence-corrected chi connectivity index (χ0v) is 14.5. The van der Waals surface area contributed by atoms with E-state index < -0.39 is 0 Å². The molecular weight excluding hydrogens is 300 g/mol. The molecule has 120 valence electrons. The molecule has 0 amide bonds. The summed E-state index contributed by atoms with van der Waals surface area (Å²) < 4.78 is 0. The lowest BCUT2D eigenvalue weighted by molar-refractivity contribution is -0.115. The number of hydrogen-bond acceptors (Lipinski definition) is 2. The minimum Gasteiger partial charge on any atom is -0.294 e. The molecule has 0 saturated carbocycles. The molecule has 2 aromatic rings. The molecule has 2 rings (SSSR count). The molecule has 0 fully saturated rings. The average molecular weight is 324 g/mol. The van der Waals surface area contributed by atoms with Crippen molar-refractivity contribution in [2.45, 2.75) is 43.9 Å². The van der Waals surface area contributed by atoms with Crippen molar-refractivity contribution in [2.24, 2.45) is 0 Å². The zero-order valence-electron chi connectivity index (χ0n) is 13.7. The van der Waals surface area contributed by atoms with Crippen LogP contribution in [0, 0.1) is 0 Å². The third-order valence-electron chi connectivity index (χ3n) is 3.61. The zero-order chi connectivity index (χ0) is 16.3. The second-order valence-corrected chi connectivity index (χ2v) is 6.65. The van der Waals surface area contributed by atoms with Gasteiger partial charge in [-0.2, -0.15) is 0 Å². The largest absolute Gasteiger partial charge is 0.294 e. The maximum atomic E-state index is 12.5. The van der Waals surface area contributed by atoms with E-state index in [1.54, 1.807) is 11.8 Å². The van der Waals surface area contributed by atoms with Crippen LogP contribution in [-0.2, 0) is 11.2 Å². The lowest BCUT2D eigenvalue weighted by atomic mass is 10.1. The van der Waals surface area contributed by atoms with Crippen LogP contribution in [0.4, 0.5) is 0 Å². The summed E-state index contributed by atoms with van der Waals surface area (Å²) in [6, 6.07) is 20.6. The van der Waals surface area contributed by atoms with Gasteiger partial charge in [-0.3, -0.25) is 4.79 Å². The molecule has 0 unspecified atom stereocenters. The van der Waals surface area contributed by atoms with Gasteiger partial charge in [0, 0.05) is 11.3 Å². The average Bonchev–Trinajstić information content (AvgIpc) is 2.60. The molecule has 0 radical (unpaired) electrons. The smallest absolute Gasteiger partial charge is 0.169 e. The Balaban J connectivity index is 2.02. The minimum absolute atomic E-state index is 0.272. The van der Waals surface area contributed by atoms with E-state index in [9.17, 15) is 4.79 Å². The Kier molecular flexibility index (Phi) is 7.68. The van der Waals surface area contributed by atoms with Crippen LogP contribution in [0.5, 0.6) is 0 Å². The Morgan fingerprint density at radius 3 is 2.30 bits per heavy atom. The van der Waals surface area contributed by atoms with Crippen molar-refractivity contribution in [1.29, 1.82) is 0 Å². The number of benzene rings is 2. The van der Waals surface area contributed by atoms with Crippen LogP contribution in [0.1, 0.15) is 38.2 Å². The second-order valence-electron chi connectivity index (χ2n) is 5.53. The molecule has 0 saturated heterocycles. The van der Waals surface area contributed by atoms with Gasteiger partial charge in [0.2, 0.25) is 0 Å². The normalized spacial score (nSPS) is 11.4. The minimum atomic E-state index is 0.272. The first-order valence-electron chi connectivity index (χ1n) is 8.29. The van der Waals surface area contributed by atoms with E-state index in [0.29, 0.717) is 6.42 Å². The molecule has 0 heterocycles.